The predicted octanol–water partition coefficient (Wildman–Crippen LogP) is 4.52. The summed E-state index contributed by atoms with van der Waals surface area (Å²) in [4.78, 5) is 12.7. The fourth-order valence-electron chi connectivity index (χ4n) is 5.08. The van der Waals surface area contributed by atoms with E-state index in [1.54, 1.807) is 32.9 Å². The standard InChI is InChI=1S/C31H32O8/c1-18-22(37-30-26(34)25(33)29(35-4)31(2,3)39-30)16-15-21-23(17-24(32)38-27(18)21)36-28(19-11-7-5-8-12-19)20-13-9-6-10-14-20/h5-17,25-26,28-30,33-34H,1-4H3/t25-,26-,29-,30-/m1/s1. The van der Waals surface area contributed by atoms with E-state index >= 15 is 0 Å². The Bertz CT molecular complexity index is 1440. The highest BCUT2D eigenvalue weighted by atomic mass is 16.7. The molecule has 39 heavy (non-hydrogen) atoms. The van der Waals surface area contributed by atoms with E-state index in [1.165, 1.54) is 13.2 Å². The molecule has 1 aliphatic rings. The highest BCUT2D eigenvalue weighted by molar-refractivity contribution is 5.87. The monoisotopic (exact) mass is 532 g/mol. The van der Waals surface area contributed by atoms with Gasteiger partial charge in [-0.05, 0) is 44.0 Å². The number of fused-ring (bicyclic) bond motifs is 1. The van der Waals surface area contributed by atoms with E-state index in [1.807, 2.05) is 60.7 Å². The summed E-state index contributed by atoms with van der Waals surface area (Å²) in [6, 6.07) is 24.3. The van der Waals surface area contributed by atoms with Gasteiger partial charge in [0.1, 0.15) is 41.5 Å². The van der Waals surface area contributed by atoms with Gasteiger partial charge >= 0.3 is 5.63 Å². The first-order chi connectivity index (χ1) is 18.7. The molecule has 0 bridgehead atoms. The van der Waals surface area contributed by atoms with Gasteiger partial charge in [-0.3, -0.25) is 0 Å². The van der Waals surface area contributed by atoms with Gasteiger partial charge in [0, 0.05) is 12.7 Å². The van der Waals surface area contributed by atoms with Gasteiger partial charge in [0.2, 0.25) is 6.29 Å². The van der Waals surface area contributed by atoms with Crippen LogP contribution in [0.5, 0.6) is 11.5 Å². The number of ether oxygens (including phenoxy) is 4. The Balaban J connectivity index is 1.51. The fourth-order valence-corrected chi connectivity index (χ4v) is 5.08. The SMILES string of the molecule is CO[C@@H]1[C@H](O)[C@@H](O)[C@H](Oc2ccc3c(OC(c4ccccc4)c4ccccc4)cc(=O)oc3c2C)OC1(C)C. The number of hydrogen-bond donors (Lipinski definition) is 2. The number of methoxy groups -OCH3 is 1. The van der Waals surface area contributed by atoms with E-state index in [4.69, 9.17) is 23.4 Å². The topological polar surface area (TPSA) is 108 Å². The molecule has 5 rings (SSSR count). The van der Waals surface area contributed by atoms with E-state index in [-0.39, 0.29) is 5.58 Å². The van der Waals surface area contributed by atoms with E-state index < -0.39 is 41.9 Å². The lowest BCUT2D eigenvalue weighted by atomic mass is 9.89. The lowest BCUT2D eigenvalue weighted by Gasteiger charge is -2.46. The maximum absolute atomic E-state index is 12.7. The summed E-state index contributed by atoms with van der Waals surface area (Å²) < 4.78 is 29.4. The number of aryl methyl sites for hydroxylation is 1. The number of hydrogen-bond acceptors (Lipinski definition) is 8. The molecule has 2 heterocycles. The van der Waals surface area contributed by atoms with Crippen molar-refractivity contribution in [1.82, 2.24) is 0 Å². The molecule has 4 atom stereocenters. The van der Waals surface area contributed by atoms with Gasteiger partial charge in [-0.1, -0.05) is 60.7 Å². The van der Waals surface area contributed by atoms with Crippen LogP contribution in [-0.4, -0.2) is 47.5 Å². The largest absolute Gasteiger partial charge is 0.480 e. The smallest absolute Gasteiger partial charge is 0.339 e. The van der Waals surface area contributed by atoms with E-state index in [2.05, 4.69) is 0 Å². The molecule has 0 spiro atoms. The molecule has 0 saturated carbocycles. The average Bonchev–Trinajstić information content (AvgIpc) is 2.93. The summed E-state index contributed by atoms with van der Waals surface area (Å²) in [7, 11) is 1.45. The Kier molecular flexibility index (Phi) is 7.46. The minimum Gasteiger partial charge on any atom is -0.480 e. The zero-order valence-corrected chi connectivity index (χ0v) is 22.2. The Morgan fingerprint density at radius 3 is 2.08 bits per heavy atom. The second-order valence-electron chi connectivity index (χ2n) is 10.2. The Labute approximate surface area is 226 Å². The van der Waals surface area contributed by atoms with Crippen LogP contribution in [0, 0.1) is 6.92 Å². The van der Waals surface area contributed by atoms with Gasteiger partial charge in [-0.2, -0.15) is 0 Å². The lowest BCUT2D eigenvalue weighted by Crippen LogP contribution is -2.63. The molecule has 0 unspecified atom stereocenters. The molecule has 0 aliphatic carbocycles. The first kappa shape index (κ1) is 26.9. The van der Waals surface area contributed by atoms with Crippen LogP contribution in [0.15, 0.2) is 88.1 Å². The average molecular weight is 533 g/mol. The van der Waals surface area contributed by atoms with Crippen LogP contribution in [0.1, 0.15) is 36.6 Å². The van der Waals surface area contributed by atoms with Crippen molar-refractivity contribution in [2.75, 3.05) is 7.11 Å². The molecule has 3 aromatic carbocycles. The van der Waals surface area contributed by atoms with E-state index in [0.29, 0.717) is 22.4 Å². The molecule has 0 amide bonds. The predicted molar refractivity (Wildman–Crippen MR) is 145 cm³/mol. The van der Waals surface area contributed by atoms with Gasteiger partial charge in [0.15, 0.2) is 0 Å². The minimum atomic E-state index is -1.36. The quantitative estimate of drug-likeness (QED) is 0.335. The third-order valence-electron chi connectivity index (χ3n) is 7.06. The summed E-state index contributed by atoms with van der Waals surface area (Å²) in [6.07, 6.45) is -4.97. The van der Waals surface area contributed by atoms with Crippen molar-refractivity contribution in [2.24, 2.45) is 0 Å². The zero-order valence-electron chi connectivity index (χ0n) is 22.2. The first-order valence-corrected chi connectivity index (χ1v) is 12.8. The molecule has 2 N–H and O–H groups in total. The fraction of sp³-hybridized carbons (Fsp3) is 0.323. The molecule has 8 heteroatoms. The number of aliphatic hydroxyl groups excluding tert-OH is 2. The molecular weight excluding hydrogens is 500 g/mol. The maximum Gasteiger partial charge on any atom is 0.339 e. The summed E-state index contributed by atoms with van der Waals surface area (Å²) >= 11 is 0. The third kappa shape index (κ3) is 5.29. The third-order valence-corrected chi connectivity index (χ3v) is 7.06. The minimum absolute atomic E-state index is 0.287. The van der Waals surface area contributed by atoms with Gasteiger partial charge < -0.3 is 33.6 Å². The number of rotatable bonds is 7. The molecule has 1 fully saturated rings. The van der Waals surface area contributed by atoms with Crippen molar-refractivity contribution in [3.63, 3.8) is 0 Å². The van der Waals surface area contributed by atoms with Crippen LogP contribution in [0.4, 0.5) is 0 Å². The Hall–Kier alpha value is -3.69. The van der Waals surface area contributed by atoms with Gasteiger partial charge in [-0.25, -0.2) is 4.79 Å². The Morgan fingerprint density at radius 2 is 1.49 bits per heavy atom. The van der Waals surface area contributed by atoms with E-state index in [0.717, 1.165) is 11.1 Å². The van der Waals surface area contributed by atoms with Crippen LogP contribution in [0.2, 0.25) is 0 Å². The first-order valence-electron chi connectivity index (χ1n) is 12.8. The molecule has 0 radical (unpaired) electrons. The highest BCUT2D eigenvalue weighted by Crippen LogP contribution is 2.38. The van der Waals surface area contributed by atoms with Crippen LogP contribution in [0.3, 0.4) is 0 Å². The van der Waals surface area contributed by atoms with Gasteiger partial charge in [-0.15, -0.1) is 0 Å². The maximum atomic E-state index is 12.7. The zero-order chi connectivity index (χ0) is 27.7. The summed E-state index contributed by atoms with van der Waals surface area (Å²) in [5, 5.41) is 21.8. The molecule has 8 nitrogen and oxygen atoms in total. The summed E-state index contributed by atoms with van der Waals surface area (Å²) in [5.41, 5.74) is 1.16. The van der Waals surface area contributed by atoms with Crippen molar-refractivity contribution in [2.45, 2.75) is 57.1 Å². The van der Waals surface area contributed by atoms with Crippen molar-refractivity contribution < 1.29 is 33.6 Å². The second kappa shape index (κ2) is 10.8. The highest BCUT2D eigenvalue weighted by Gasteiger charge is 2.50. The summed E-state index contributed by atoms with van der Waals surface area (Å²) in [6.45, 7) is 5.24. The summed E-state index contributed by atoms with van der Waals surface area (Å²) in [5.74, 6) is 0.690. The molecule has 1 aliphatic heterocycles. The molecule has 4 aromatic rings. The lowest BCUT2D eigenvalue weighted by molar-refractivity contribution is -0.306. The van der Waals surface area contributed by atoms with E-state index in [9.17, 15) is 15.0 Å². The number of aliphatic hydroxyl groups is 2. The molecule has 1 saturated heterocycles. The van der Waals surface area contributed by atoms with Gasteiger partial charge in [0.25, 0.3) is 0 Å². The molecular formula is C31H32O8. The second-order valence-corrected chi connectivity index (χ2v) is 10.2. The van der Waals surface area contributed by atoms with Crippen molar-refractivity contribution in [1.29, 1.82) is 0 Å². The van der Waals surface area contributed by atoms with Crippen LogP contribution >= 0.6 is 0 Å². The van der Waals surface area contributed by atoms with Gasteiger partial charge in [0.05, 0.1) is 17.1 Å². The van der Waals surface area contributed by atoms with Crippen molar-refractivity contribution in [3.05, 3.63) is 106 Å². The van der Waals surface area contributed by atoms with Crippen LogP contribution in [0.25, 0.3) is 11.0 Å². The van der Waals surface area contributed by atoms with Crippen molar-refractivity contribution >= 4 is 11.0 Å². The normalized spacial score (nSPS) is 22.6. The van der Waals surface area contributed by atoms with Crippen molar-refractivity contribution in [3.8, 4) is 11.5 Å². The Morgan fingerprint density at radius 1 is 0.872 bits per heavy atom. The van der Waals surface area contributed by atoms with Crippen LogP contribution in [-0.2, 0) is 9.47 Å². The number of benzene rings is 3. The molecule has 204 valence electrons. The molecule has 1 aromatic heterocycles. The van der Waals surface area contributed by atoms with Crippen LogP contribution < -0.4 is 15.1 Å².